The molecule has 0 spiro atoms. The summed E-state index contributed by atoms with van der Waals surface area (Å²) < 4.78 is 7.51. The van der Waals surface area contributed by atoms with Gasteiger partial charge in [0.1, 0.15) is 17.8 Å². The average molecular weight is 388 g/mol. The molecule has 0 radical (unpaired) electrons. The van der Waals surface area contributed by atoms with Crippen LogP contribution >= 0.6 is 15.9 Å². The molecular formula is C16H14BrN5O2. The van der Waals surface area contributed by atoms with Gasteiger partial charge in [-0.2, -0.15) is 5.10 Å². The van der Waals surface area contributed by atoms with Gasteiger partial charge in [-0.15, -0.1) is 5.10 Å². The molecule has 0 saturated carbocycles. The van der Waals surface area contributed by atoms with Gasteiger partial charge in [-0.25, -0.2) is 10.1 Å². The maximum Gasteiger partial charge on any atom is 0.261 e. The molecule has 0 saturated heterocycles. The quantitative estimate of drug-likeness (QED) is 0.538. The second-order valence-electron chi connectivity index (χ2n) is 4.92. The van der Waals surface area contributed by atoms with Crippen LogP contribution < -0.4 is 10.2 Å². The van der Waals surface area contributed by atoms with Crippen molar-refractivity contribution in [1.29, 1.82) is 0 Å². The summed E-state index contributed by atoms with van der Waals surface area (Å²) in [4.78, 5) is 12.0. The Balaban J connectivity index is 1.62. The van der Waals surface area contributed by atoms with E-state index in [1.54, 1.807) is 13.3 Å². The van der Waals surface area contributed by atoms with E-state index in [0.717, 1.165) is 26.8 Å². The second-order valence-corrected chi connectivity index (χ2v) is 5.78. The molecule has 0 bridgehead atoms. The van der Waals surface area contributed by atoms with Crippen molar-refractivity contribution in [3.63, 3.8) is 0 Å². The van der Waals surface area contributed by atoms with Gasteiger partial charge >= 0.3 is 0 Å². The third kappa shape index (κ3) is 3.60. The Labute approximate surface area is 146 Å². The zero-order chi connectivity index (χ0) is 16.9. The molecule has 2 aromatic carbocycles. The zero-order valence-corrected chi connectivity index (χ0v) is 14.4. The maximum absolute atomic E-state index is 12.0. The highest BCUT2D eigenvalue weighted by molar-refractivity contribution is 9.10. The number of hydrazone groups is 1. The van der Waals surface area contributed by atoms with E-state index in [0.29, 0.717) is 0 Å². The lowest BCUT2D eigenvalue weighted by Crippen LogP contribution is -2.23. The molecular weight excluding hydrogens is 374 g/mol. The smallest absolute Gasteiger partial charge is 0.261 e. The summed E-state index contributed by atoms with van der Waals surface area (Å²) in [5.41, 5.74) is 4.85. The third-order valence-corrected chi connectivity index (χ3v) is 3.91. The van der Waals surface area contributed by atoms with E-state index in [1.165, 1.54) is 4.68 Å². The van der Waals surface area contributed by atoms with Crippen LogP contribution in [0.1, 0.15) is 5.56 Å². The number of hydrogen-bond donors (Lipinski definition) is 1. The minimum absolute atomic E-state index is 0.0458. The lowest BCUT2D eigenvalue weighted by molar-refractivity contribution is -0.121. The molecule has 0 aliphatic heterocycles. The lowest BCUT2D eigenvalue weighted by atomic mass is 10.2. The Bertz CT molecular complexity index is 906. The Hall–Kier alpha value is -2.74. The number of fused-ring (bicyclic) bond motifs is 1. The largest absolute Gasteiger partial charge is 0.496 e. The second kappa shape index (κ2) is 7.22. The van der Waals surface area contributed by atoms with Gasteiger partial charge in [0.15, 0.2) is 0 Å². The van der Waals surface area contributed by atoms with E-state index in [2.05, 4.69) is 36.8 Å². The van der Waals surface area contributed by atoms with Gasteiger partial charge in [0.2, 0.25) is 0 Å². The number of benzene rings is 2. The van der Waals surface area contributed by atoms with Crippen LogP contribution in [0.2, 0.25) is 0 Å². The fourth-order valence-electron chi connectivity index (χ4n) is 2.15. The summed E-state index contributed by atoms with van der Waals surface area (Å²) in [6.07, 6.45) is 1.56. The number of carbonyl (C=O) groups excluding carboxylic acids is 1. The Kier molecular flexibility index (Phi) is 4.85. The van der Waals surface area contributed by atoms with Gasteiger partial charge in [-0.3, -0.25) is 4.79 Å². The Morgan fingerprint density at radius 2 is 2.21 bits per heavy atom. The Morgan fingerprint density at radius 3 is 3.00 bits per heavy atom. The van der Waals surface area contributed by atoms with Crippen LogP contribution in [0.25, 0.3) is 11.0 Å². The van der Waals surface area contributed by atoms with Crippen LogP contribution in [0.15, 0.2) is 52.0 Å². The monoisotopic (exact) mass is 387 g/mol. The molecule has 0 atom stereocenters. The molecule has 3 rings (SSSR count). The molecule has 24 heavy (non-hydrogen) atoms. The molecule has 7 nitrogen and oxygen atoms in total. The predicted octanol–water partition coefficient (Wildman–Crippen LogP) is 2.35. The number of hydrogen-bond acceptors (Lipinski definition) is 5. The molecule has 0 aliphatic carbocycles. The van der Waals surface area contributed by atoms with Crippen molar-refractivity contribution < 1.29 is 9.53 Å². The first-order chi connectivity index (χ1) is 11.7. The molecule has 8 heteroatoms. The molecule has 1 heterocycles. The molecule has 0 aliphatic rings. The fourth-order valence-corrected chi connectivity index (χ4v) is 2.71. The fraction of sp³-hybridized carbons (Fsp3) is 0.125. The van der Waals surface area contributed by atoms with Gasteiger partial charge in [0.05, 0.1) is 23.3 Å². The van der Waals surface area contributed by atoms with E-state index in [-0.39, 0.29) is 12.5 Å². The van der Waals surface area contributed by atoms with Gasteiger partial charge < -0.3 is 4.74 Å². The van der Waals surface area contributed by atoms with E-state index >= 15 is 0 Å². The van der Waals surface area contributed by atoms with E-state index in [9.17, 15) is 4.79 Å². The zero-order valence-electron chi connectivity index (χ0n) is 12.8. The molecule has 1 amide bonds. The number of halogens is 1. The molecule has 0 fully saturated rings. The van der Waals surface area contributed by atoms with Crippen molar-refractivity contribution in [2.75, 3.05) is 7.11 Å². The average Bonchev–Trinajstić information content (AvgIpc) is 2.98. The van der Waals surface area contributed by atoms with Crippen LogP contribution in [0.4, 0.5) is 0 Å². The summed E-state index contributed by atoms with van der Waals surface area (Å²) in [5, 5.41) is 11.9. The number of nitrogens with zero attached hydrogens (tertiary/aromatic N) is 4. The van der Waals surface area contributed by atoms with Crippen LogP contribution in [-0.2, 0) is 11.3 Å². The summed E-state index contributed by atoms with van der Waals surface area (Å²) in [5.74, 6) is 0.448. The summed E-state index contributed by atoms with van der Waals surface area (Å²) in [6.45, 7) is 0.0458. The molecule has 1 N–H and O–H groups in total. The first kappa shape index (κ1) is 16.1. The highest BCUT2D eigenvalue weighted by atomic mass is 79.9. The van der Waals surface area contributed by atoms with Crippen molar-refractivity contribution in [3.8, 4) is 5.75 Å². The SMILES string of the molecule is COc1ccc(/C=N\NC(=O)Cn2nnc3ccccc32)cc1Br. The standard InChI is InChI=1S/C16H14BrN5O2/c1-24-15-7-6-11(8-12(15)17)9-18-20-16(23)10-22-14-5-3-2-4-13(14)19-21-22/h2-9H,10H2,1H3,(H,20,23)/b18-9-. The highest BCUT2D eigenvalue weighted by Crippen LogP contribution is 2.24. The first-order valence-electron chi connectivity index (χ1n) is 7.11. The van der Waals surface area contributed by atoms with Crippen LogP contribution in [-0.4, -0.2) is 34.2 Å². The number of aromatic nitrogens is 3. The number of carbonyl (C=O) groups is 1. The number of amides is 1. The number of nitrogens with one attached hydrogen (secondary N) is 1. The number of para-hydroxylation sites is 1. The van der Waals surface area contributed by atoms with Crippen LogP contribution in [0, 0.1) is 0 Å². The van der Waals surface area contributed by atoms with Crippen molar-refractivity contribution in [1.82, 2.24) is 20.4 Å². The lowest BCUT2D eigenvalue weighted by Gasteiger charge is -2.03. The van der Waals surface area contributed by atoms with Gasteiger partial charge in [-0.05, 0) is 51.8 Å². The van der Waals surface area contributed by atoms with Gasteiger partial charge in [0.25, 0.3) is 5.91 Å². The van der Waals surface area contributed by atoms with Crippen molar-refractivity contribution in [3.05, 3.63) is 52.5 Å². The summed E-state index contributed by atoms with van der Waals surface area (Å²) in [6, 6.07) is 13.0. The highest BCUT2D eigenvalue weighted by Gasteiger charge is 2.07. The molecule has 1 aromatic heterocycles. The van der Waals surface area contributed by atoms with Crippen LogP contribution in [0.3, 0.4) is 0 Å². The van der Waals surface area contributed by atoms with Gasteiger partial charge in [0, 0.05) is 0 Å². The number of rotatable bonds is 5. The number of ether oxygens (including phenoxy) is 1. The third-order valence-electron chi connectivity index (χ3n) is 3.29. The summed E-state index contributed by atoms with van der Waals surface area (Å²) in [7, 11) is 1.60. The van der Waals surface area contributed by atoms with Crippen molar-refractivity contribution in [2.24, 2.45) is 5.10 Å². The molecule has 3 aromatic rings. The normalized spacial score (nSPS) is 11.1. The number of methoxy groups -OCH3 is 1. The minimum Gasteiger partial charge on any atom is -0.496 e. The van der Waals surface area contributed by atoms with Gasteiger partial charge in [-0.1, -0.05) is 17.3 Å². The molecule has 122 valence electrons. The van der Waals surface area contributed by atoms with E-state index in [1.807, 2.05) is 42.5 Å². The first-order valence-corrected chi connectivity index (χ1v) is 7.90. The van der Waals surface area contributed by atoms with E-state index < -0.39 is 0 Å². The van der Waals surface area contributed by atoms with Crippen LogP contribution in [0.5, 0.6) is 5.75 Å². The van der Waals surface area contributed by atoms with Crippen molar-refractivity contribution in [2.45, 2.75) is 6.54 Å². The topological polar surface area (TPSA) is 81.4 Å². The summed E-state index contributed by atoms with van der Waals surface area (Å²) >= 11 is 3.40. The predicted molar refractivity (Wildman–Crippen MR) is 94.0 cm³/mol. The maximum atomic E-state index is 12.0. The van der Waals surface area contributed by atoms with Crippen molar-refractivity contribution >= 4 is 39.1 Å². The minimum atomic E-state index is -0.283. The van der Waals surface area contributed by atoms with E-state index in [4.69, 9.17) is 4.74 Å². The Morgan fingerprint density at radius 1 is 1.38 bits per heavy atom. The molecule has 0 unspecified atom stereocenters.